The first-order chi connectivity index (χ1) is 19.3. The van der Waals surface area contributed by atoms with Crippen LogP contribution in [0.3, 0.4) is 0 Å². The number of nitrogens with zero attached hydrogens (tertiary/aromatic N) is 1. The van der Waals surface area contributed by atoms with E-state index in [9.17, 15) is 19.1 Å². The molecule has 1 atom stereocenters. The second-order valence-corrected chi connectivity index (χ2v) is 11.8. The number of allylic oxidation sites excluding steroid dienone is 1. The molecule has 5 nitrogen and oxygen atoms in total. The molecule has 2 saturated carbocycles. The number of anilines is 1. The lowest BCUT2D eigenvalue weighted by molar-refractivity contribution is -0.118. The summed E-state index contributed by atoms with van der Waals surface area (Å²) in [7, 11) is 0. The van der Waals surface area contributed by atoms with Crippen molar-refractivity contribution in [2.24, 2.45) is 11.3 Å². The average Bonchev–Trinajstić information content (AvgIpc) is 3.39. The Bertz CT molecular complexity index is 1450. The summed E-state index contributed by atoms with van der Waals surface area (Å²) in [5, 5.41) is 13.2. The van der Waals surface area contributed by atoms with E-state index in [2.05, 4.69) is 11.9 Å². The minimum atomic E-state index is -0.342. The summed E-state index contributed by atoms with van der Waals surface area (Å²) in [4.78, 5) is 28.2. The molecule has 1 heterocycles. The maximum atomic E-state index is 14.2. The fraction of sp³-hybridized carbons (Fsp3) is 0.353. The van der Waals surface area contributed by atoms with Gasteiger partial charge in [-0.1, -0.05) is 61.9 Å². The second-order valence-electron chi connectivity index (χ2n) is 11.8. The lowest BCUT2D eigenvalue weighted by Crippen LogP contribution is -2.27. The lowest BCUT2D eigenvalue weighted by atomic mass is 9.83. The summed E-state index contributed by atoms with van der Waals surface area (Å²) in [5.74, 6) is -0.244. The summed E-state index contributed by atoms with van der Waals surface area (Å²) in [6.07, 6.45) is 6.90. The SMILES string of the molecule is C=C(O)C1(Cc2cccc(NC(=O)[C@@H](c3ccc(CN4Cc5c(F)cccc5C4=O)cc3)C3CCCC3)c2)CC1. The van der Waals surface area contributed by atoms with Crippen LogP contribution in [0.4, 0.5) is 10.1 Å². The van der Waals surface area contributed by atoms with Gasteiger partial charge in [0.1, 0.15) is 5.82 Å². The largest absolute Gasteiger partial charge is 0.512 e. The first-order valence-corrected chi connectivity index (χ1v) is 14.3. The molecule has 1 aliphatic heterocycles. The Balaban J connectivity index is 1.16. The third-order valence-electron chi connectivity index (χ3n) is 9.05. The van der Waals surface area contributed by atoms with Gasteiger partial charge in [0.15, 0.2) is 0 Å². The molecule has 0 spiro atoms. The van der Waals surface area contributed by atoms with E-state index in [1.165, 1.54) is 6.07 Å². The van der Waals surface area contributed by atoms with E-state index in [0.717, 1.165) is 67.3 Å². The van der Waals surface area contributed by atoms with Gasteiger partial charge < -0.3 is 15.3 Å². The van der Waals surface area contributed by atoms with Crippen LogP contribution in [-0.4, -0.2) is 21.8 Å². The van der Waals surface area contributed by atoms with Gasteiger partial charge in [-0.15, -0.1) is 0 Å². The number of aliphatic hydroxyl groups is 1. The van der Waals surface area contributed by atoms with Crippen LogP contribution in [0.5, 0.6) is 0 Å². The zero-order chi connectivity index (χ0) is 27.9. The van der Waals surface area contributed by atoms with E-state index < -0.39 is 0 Å². The van der Waals surface area contributed by atoms with Gasteiger partial charge in [-0.25, -0.2) is 4.39 Å². The zero-order valence-electron chi connectivity index (χ0n) is 22.7. The quantitative estimate of drug-likeness (QED) is 0.281. The van der Waals surface area contributed by atoms with Crippen molar-refractivity contribution < 1.29 is 19.1 Å². The number of carbonyl (C=O) groups is 2. The van der Waals surface area contributed by atoms with Gasteiger partial charge in [0.05, 0.1) is 18.2 Å². The van der Waals surface area contributed by atoms with Crippen LogP contribution in [-0.2, 0) is 24.3 Å². The van der Waals surface area contributed by atoms with Crippen LogP contribution >= 0.6 is 0 Å². The summed E-state index contributed by atoms with van der Waals surface area (Å²) >= 11 is 0. The number of halogens is 1. The number of benzene rings is 3. The molecule has 6 rings (SSSR count). The van der Waals surface area contributed by atoms with Crippen LogP contribution in [0.2, 0.25) is 0 Å². The fourth-order valence-corrected chi connectivity index (χ4v) is 6.55. The van der Waals surface area contributed by atoms with Gasteiger partial charge in [0, 0.05) is 28.8 Å². The van der Waals surface area contributed by atoms with Crippen LogP contribution in [0.15, 0.2) is 79.1 Å². The first kappa shape index (κ1) is 26.3. The molecule has 6 heteroatoms. The van der Waals surface area contributed by atoms with E-state index in [1.54, 1.807) is 17.0 Å². The fourth-order valence-electron chi connectivity index (χ4n) is 6.55. The van der Waals surface area contributed by atoms with Gasteiger partial charge in [-0.2, -0.15) is 0 Å². The number of amides is 2. The van der Waals surface area contributed by atoms with Gasteiger partial charge >= 0.3 is 0 Å². The van der Waals surface area contributed by atoms with Crippen molar-refractivity contribution in [2.45, 2.75) is 64.0 Å². The number of rotatable bonds is 9. The van der Waals surface area contributed by atoms with Crippen molar-refractivity contribution in [1.29, 1.82) is 0 Å². The minimum absolute atomic E-state index is 0.00912. The van der Waals surface area contributed by atoms with Gasteiger partial charge in [0.2, 0.25) is 5.91 Å². The monoisotopic (exact) mass is 538 g/mol. The highest BCUT2D eigenvalue weighted by Crippen LogP contribution is 2.52. The van der Waals surface area contributed by atoms with E-state index >= 15 is 0 Å². The zero-order valence-corrected chi connectivity index (χ0v) is 22.7. The molecule has 3 aromatic carbocycles. The molecule has 3 aromatic rings. The van der Waals surface area contributed by atoms with Crippen molar-refractivity contribution in [3.8, 4) is 0 Å². The molecule has 2 aliphatic carbocycles. The van der Waals surface area contributed by atoms with E-state index in [4.69, 9.17) is 0 Å². The Hall–Kier alpha value is -3.93. The molecule has 0 unspecified atom stereocenters. The van der Waals surface area contributed by atoms with Crippen molar-refractivity contribution in [1.82, 2.24) is 4.90 Å². The van der Waals surface area contributed by atoms with Crippen molar-refractivity contribution >= 4 is 17.5 Å². The molecule has 2 amide bonds. The van der Waals surface area contributed by atoms with E-state index in [-0.39, 0.29) is 47.2 Å². The minimum Gasteiger partial charge on any atom is -0.512 e. The molecule has 40 heavy (non-hydrogen) atoms. The molecule has 206 valence electrons. The van der Waals surface area contributed by atoms with Crippen LogP contribution < -0.4 is 5.32 Å². The molecule has 3 aliphatic rings. The van der Waals surface area contributed by atoms with Gasteiger partial charge in [-0.05, 0) is 79.0 Å². The maximum Gasteiger partial charge on any atom is 0.254 e. The Morgan fingerprint density at radius 3 is 2.45 bits per heavy atom. The van der Waals surface area contributed by atoms with E-state index in [1.807, 2.05) is 48.5 Å². The highest BCUT2D eigenvalue weighted by molar-refractivity contribution is 5.98. The molecule has 2 fully saturated rings. The third-order valence-corrected chi connectivity index (χ3v) is 9.05. The molecule has 0 saturated heterocycles. The number of hydrogen-bond acceptors (Lipinski definition) is 3. The summed E-state index contributed by atoms with van der Waals surface area (Å²) in [6.45, 7) is 4.42. The molecule has 0 radical (unpaired) electrons. The number of nitrogens with one attached hydrogen (secondary N) is 1. The van der Waals surface area contributed by atoms with Crippen molar-refractivity contribution in [2.75, 3.05) is 5.32 Å². The summed E-state index contributed by atoms with van der Waals surface area (Å²) < 4.78 is 14.2. The van der Waals surface area contributed by atoms with Crippen LogP contribution in [0, 0.1) is 17.2 Å². The molecular weight excluding hydrogens is 503 g/mol. The number of fused-ring (bicyclic) bond motifs is 1. The predicted molar refractivity (Wildman–Crippen MR) is 153 cm³/mol. The lowest BCUT2D eigenvalue weighted by Gasteiger charge is -2.24. The Morgan fingerprint density at radius 1 is 1.05 bits per heavy atom. The smallest absolute Gasteiger partial charge is 0.254 e. The van der Waals surface area contributed by atoms with Crippen molar-refractivity contribution in [3.05, 3.63) is 113 Å². The molecule has 2 N–H and O–H groups in total. The number of aliphatic hydroxyl groups excluding tert-OH is 1. The molecule has 0 aromatic heterocycles. The van der Waals surface area contributed by atoms with Gasteiger partial charge in [-0.3, -0.25) is 9.59 Å². The first-order valence-electron chi connectivity index (χ1n) is 14.3. The van der Waals surface area contributed by atoms with E-state index in [0.29, 0.717) is 17.7 Å². The summed E-state index contributed by atoms with van der Waals surface area (Å²) in [5.41, 5.74) is 4.44. The average molecular weight is 539 g/mol. The van der Waals surface area contributed by atoms with Crippen LogP contribution in [0.1, 0.15) is 77.1 Å². The van der Waals surface area contributed by atoms with Crippen LogP contribution in [0.25, 0.3) is 0 Å². The summed E-state index contributed by atoms with van der Waals surface area (Å²) in [6, 6.07) is 20.5. The highest BCUT2D eigenvalue weighted by Gasteiger charge is 2.45. The Labute approximate surface area is 234 Å². The van der Waals surface area contributed by atoms with Gasteiger partial charge in [0.25, 0.3) is 5.91 Å². The second kappa shape index (κ2) is 10.6. The third kappa shape index (κ3) is 5.15. The standard InChI is InChI=1S/C34H35FN2O3/c1-22(38)34(16-17-34)19-24-6-4-9-27(18-24)36-32(39)31(25-7-2-3-8-25)26-14-12-23(13-15-26)20-37-21-29-28(33(37)40)10-5-11-30(29)35/h4-6,9-15,18,25,31,38H,1-3,7-8,16-17,19-21H2,(H,36,39)/t31-/m1/s1. The Kier molecular flexibility index (Phi) is 6.95. The number of carbonyl (C=O) groups excluding carboxylic acids is 2. The maximum absolute atomic E-state index is 14.2. The number of hydrogen-bond donors (Lipinski definition) is 2. The molecular formula is C34H35FN2O3. The normalized spacial score (nSPS) is 18.4. The topological polar surface area (TPSA) is 69.6 Å². The Morgan fingerprint density at radius 2 is 1.77 bits per heavy atom. The van der Waals surface area contributed by atoms with Crippen molar-refractivity contribution in [3.63, 3.8) is 0 Å². The highest BCUT2D eigenvalue weighted by atomic mass is 19.1. The predicted octanol–water partition coefficient (Wildman–Crippen LogP) is 7.29. The molecule has 0 bridgehead atoms.